The predicted molar refractivity (Wildman–Crippen MR) is 63.1 cm³/mol. The fourth-order valence-corrected chi connectivity index (χ4v) is 1.58. The number of halogens is 1. The zero-order chi connectivity index (χ0) is 12.3. The van der Waals surface area contributed by atoms with E-state index in [9.17, 15) is 9.18 Å². The third kappa shape index (κ3) is 2.72. The highest BCUT2D eigenvalue weighted by Crippen LogP contribution is 2.13. The molecule has 88 valence electrons. The average molecular weight is 232 g/mol. The number of carbonyl (C=O) groups is 1. The largest absolute Gasteiger partial charge is 0.357 e. The molecule has 0 aliphatic carbocycles. The second-order valence-electron chi connectivity index (χ2n) is 3.83. The molecule has 0 aliphatic heterocycles. The Kier molecular flexibility index (Phi) is 3.23. The smallest absolute Gasteiger partial charge is 0.268 e. The van der Waals surface area contributed by atoms with Crippen molar-refractivity contribution in [3.63, 3.8) is 0 Å². The van der Waals surface area contributed by atoms with E-state index < -0.39 is 0 Å². The van der Waals surface area contributed by atoms with Crippen LogP contribution < -0.4 is 5.32 Å². The molecule has 2 aromatic rings. The molecule has 1 aromatic carbocycles. The minimum atomic E-state index is -0.281. The summed E-state index contributed by atoms with van der Waals surface area (Å²) < 4.78 is 12.7. The van der Waals surface area contributed by atoms with Crippen molar-refractivity contribution in [2.75, 3.05) is 0 Å². The van der Waals surface area contributed by atoms with Gasteiger partial charge in [0.15, 0.2) is 0 Å². The second-order valence-corrected chi connectivity index (χ2v) is 3.83. The third-order valence-corrected chi connectivity index (χ3v) is 2.56. The molecule has 3 nitrogen and oxygen atoms in total. The van der Waals surface area contributed by atoms with E-state index in [1.807, 2.05) is 6.92 Å². The minimum Gasteiger partial charge on any atom is -0.357 e. The van der Waals surface area contributed by atoms with Crippen molar-refractivity contribution >= 4 is 5.91 Å². The fraction of sp³-hybridized carbons (Fsp3) is 0.154. The van der Waals surface area contributed by atoms with Crippen LogP contribution in [0.1, 0.15) is 29.0 Å². The van der Waals surface area contributed by atoms with Gasteiger partial charge in [-0.25, -0.2) is 4.39 Å². The first kappa shape index (κ1) is 11.4. The Hall–Kier alpha value is -2.10. The zero-order valence-electron chi connectivity index (χ0n) is 9.41. The fourth-order valence-electron chi connectivity index (χ4n) is 1.58. The van der Waals surface area contributed by atoms with Gasteiger partial charge >= 0.3 is 0 Å². The van der Waals surface area contributed by atoms with E-state index in [1.54, 1.807) is 30.5 Å². The molecule has 0 saturated heterocycles. The molecule has 0 bridgehead atoms. The van der Waals surface area contributed by atoms with Crippen LogP contribution in [-0.2, 0) is 0 Å². The number of hydrogen-bond donors (Lipinski definition) is 2. The van der Waals surface area contributed by atoms with Gasteiger partial charge in [0.2, 0.25) is 0 Å². The summed E-state index contributed by atoms with van der Waals surface area (Å²) in [6.45, 7) is 1.86. The van der Waals surface area contributed by atoms with E-state index >= 15 is 0 Å². The number of H-pyrrole nitrogens is 1. The van der Waals surface area contributed by atoms with Gasteiger partial charge < -0.3 is 10.3 Å². The molecule has 2 N–H and O–H groups in total. The lowest BCUT2D eigenvalue weighted by Gasteiger charge is -2.13. The molecule has 2 rings (SSSR count). The lowest BCUT2D eigenvalue weighted by atomic mass is 10.1. The summed E-state index contributed by atoms with van der Waals surface area (Å²) in [4.78, 5) is 14.6. The summed E-state index contributed by atoms with van der Waals surface area (Å²) in [5, 5.41) is 2.83. The van der Waals surface area contributed by atoms with Crippen LogP contribution in [0, 0.1) is 5.82 Å². The lowest BCUT2D eigenvalue weighted by Crippen LogP contribution is -2.26. The molecule has 17 heavy (non-hydrogen) atoms. The van der Waals surface area contributed by atoms with E-state index in [2.05, 4.69) is 10.3 Å². The van der Waals surface area contributed by atoms with Crippen molar-refractivity contribution in [1.29, 1.82) is 0 Å². The summed E-state index contributed by atoms with van der Waals surface area (Å²) in [5.41, 5.74) is 1.38. The van der Waals surface area contributed by atoms with Gasteiger partial charge in [0.1, 0.15) is 11.5 Å². The highest BCUT2D eigenvalue weighted by molar-refractivity contribution is 5.92. The van der Waals surface area contributed by atoms with E-state index in [1.165, 1.54) is 12.1 Å². The van der Waals surface area contributed by atoms with Gasteiger partial charge in [-0.1, -0.05) is 12.1 Å². The maximum absolute atomic E-state index is 12.7. The Balaban J connectivity index is 2.04. The Morgan fingerprint density at radius 1 is 1.29 bits per heavy atom. The first-order valence-electron chi connectivity index (χ1n) is 5.36. The van der Waals surface area contributed by atoms with Crippen molar-refractivity contribution in [1.82, 2.24) is 10.3 Å². The molecule has 1 unspecified atom stereocenters. The second kappa shape index (κ2) is 4.82. The Morgan fingerprint density at radius 2 is 2.00 bits per heavy atom. The zero-order valence-corrected chi connectivity index (χ0v) is 9.41. The maximum atomic E-state index is 12.7. The van der Waals surface area contributed by atoms with Crippen molar-refractivity contribution in [3.05, 3.63) is 59.7 Å². The first-order chi connectivity index (χ1) is 8.16. The number of rotatable bonds is 3. The summed E-state index contributed by atoms with van der Waals surface area (Å²) in [7, 11) is 0. The topological polar surface area (TPSA) is 44.9 Å². The molecule has 1 atom stereocenters. The Bertz CT molecular complexity index is 491. The van der Waals surface area contributed by atoms with Crippen molar-refractivity contribution in [2.45, 2.75) is 13.0 Å². The molecule has 1 heterocycles. The van der Waals surface area contributed by atoms with Gasteiger partial charge in [-0.05, 0) is 36.8 Å². The molecule has 0 radical (unpaired) electrons. The van der Waals surface area contributed by atoms with E-state index in [-0.39, 0.29) is 17.8 Å². The van der Waals surface area contributed by atoms with Crippen LogP contribution in [0.5, 0.6) is 0 Å². The van der Waals surface area contributed by atoms with Crippen molar-refractivity contribution in [3.8, 4) is 0 Å². The molecule has 1 amide bonds. The highest BCUT2D eigenvalue weighted by Gasteiger charge is 2.11. The van der Waals surface area contributed by atoms with Gasteiger partial charge in [0, 0.05) is 6.20 Å². The molecule has 0 aliphatic rings. The normalized spacial score (nSPS) is 12.1. The molecular weight excluding hydrogens is 219 g/mol. The number of nitrogens with one attached hydrogen (secondary N) is 2. The molecule has 0 spiro atoms. The standard InChI is InChI=1S/C13H13FN2O/c1-9(10-4-6-11(14)7-5-10)16-13(17)12-3-2-8-15-12/h2-9,15H,1H3,(H,16,17). The SMILES string of the molecule is CC(NC(=O)c1ccc[nH]1)c1ccc(F)cc1. The van der Waals surface area contributed by atoms with Gasteiger partial charge in [-0.2, -0.15) is 0 Å². The molecule has 1 aromatic heterocycles. The Labute approximate surface area is 98.7 Å². The number of aromatic nitrogens is 1. The van der Waals surface area contributed by atoms with Gasteiger partial charge in [0.25, 0.3) is 5.91 Å². The van der Waals surface area contributed by atoms with Gasteiger partial charge in [-0.15, -0.1) is 0 Å². The van der Waals surface area contributed by atoms with Crippen molar-refractivity contribution < 1.29 is 9.18 Å². The van der Waals surface area contributed by atoms with E-state index in [4.69, 9.17) is 0 Å². The van der Waals surface area contributed by atoms with Crippen LogP contribution in [0.4, 0.5) is 4.39 Å². The molecule has 4 heteroatoms. The molecular formula is C13H13FN2O. The van der Waals surface area contributed by atoms with Crippen LogP contribution in [0.2, 0.25) is 0 Å². The van der Waals surface area contributed by atoms with Crippen molar-refractivity contribution in [2.24, 2.45) is 0 Å². The molecule has 0 saturated carbocycles. The number of carbonyl (C=O) groups excluding carboxylic acids is 1. The summed E-state index contributed by atoms with van der Waals surface area (Å²) in [6.07, 6.45) is 1.69. The molecule has 0 fully saturated rings. The number of hydrogen-bond acceptors (Lipinski definition) is 1. The van der Waals surface area contributed by atoms with Crippen LogP contribution >= 0.6 is 0 Å². The predicted octanol–water partition coefficient (Wildman–Crippen LogP) is 2.64. The lowest BCUT2D eigenvalue weighted by molar-refractivity contribution is 0.0935. The van der Waals surface area contributed by atoms with Gasteiger partial charge in [0.05, 0.1) is 6.04 Å². The van der Waals surface area contributed by atoms with Crippen LogP contribution in [-0.4, -0.2) is 10.9 Å². The van der Waals surface area contributed by atoms with Crippen LogP contribution in [0.15, 0.2) is 42.6 Å². The van der Waals surface area contributed by atoms with Crippen LogP contribution in [0.25, 0.3) is 0 Å². The maximum Gasteiger partial charge on any atom is 0.268 e. The minimum absolute atomic E-state index is 0.161. The Morgan fingerprint density at radius 3 is 2.59 bits per heavy atom. The van der Waals surface area contributed by atoms with E-state index in [0.717, 1.165) is 5.56 Å². The average Bonchev–Trinajstić information content (AvgIpc) is 2.83. The summed E-state index contributed by atoms with van der Waals surface area (Å²) in [5.74, 6) is -0.455. The van der Waals surface area contributed by atoms with E-state index in [0.29, 0.717) is 5.69 Å². The van der Waals surface area contributed by atoms with Crippen LogP contribution in [0.3, 0.4) is 0 Å². The summed E-state index contributed by atoms with van der Waals surface area (Å²) in [6, 6.07) is 9.39. The first-order valence-corrected chi connectivity index (χ1v) is 5.36. The number of aromatic amines is 1. The third-order valence-electron chi connectivity index (χ3n) is 2.56. The summed E-state index contributed by atoms with van der Waals surface area (Å²) >= 11 is 0. The quantitative estimate of drug-likeness (QED) is 0.839. The van der Waals surface area contributed by atoms with Gasteiger partial charge in [-0.3, -0.25) is 4.79 Å². The monoisotopic (exact) mass is 232 g/mol. The number of benzene rings is 1. The number of amides is 1. The highest BCUT2D eigenvalue weighted by atomic mass is 19.1.